The highest BCUT2D eigenvalue weighted by atomic mass is 16.6. The Morgan fingerprint density at radius 2 is 1.81 bits per heavy atom. The lowest BCUT2D eigenvalue weighted by Gasteiger charge is -2.32. The Labute approximate surface area is 123 Å². The van der Waals surface area contributed by atoms with Gasteiger partial charge in [0.1, 0.15) is 0 Å². The number of carboxylic acid groups (broad SMARTS) is 1. The van der Waals surface area contributed by atoms with Crippen LogP contribution in [0.4, 0.5) is 4.79 Å². The Morgan fingerprint density at radius 3 is 2.38 bits per heavy atom. The summed E-state index contributed by atoms with van der Waals surface area (Å²) in [4.78, 5) is 27.0. The van der Waals surface area contributed by atoms with Crippen LogP contribution in [0.15, 0.2) is 30.3 Å². The van der Waals surface area contributed by atoms with Gasteiger partial charge in [0.2, 0.25) is 6.10 Å². The second-order valence-corrected chi connectivity index (χ2v) is 5.19. The first kappa shape index (κ1) is 15.3. The highest BCUT2D eigenvalue weighted by molar-refractivity contribution is 5.77. The van der Waals surface area contributed by atoms with Gasteiger partial charge in [0.25, 0.3) is 0 Å². The molecule has 0 radical (unpaired) electrons. The molecule has 0 saturated carbocycles. The molecule has 1 unspecified atom stereocenters. The SMILES string of the molecule is CN1CCN(C(=O)OC(Cc2ccccc2)C(=O)O)CC1. The molecule has 1 heterocycles. The van der Waals surface area contributed by atoms with Crippen molar-refractivity contribution < 1.29 is 19.4 Å². The third-order valence-corrected chi connectivity index (χ3v) is 3.54. The lowest BCUT2D eigenvalue weighted by molar-refractivity contribution is -0.147. The topological polar surface area (TPSA) is 70.1 Å². The van der Waals surface area contributed by atoms with Gasteiger partial charge in [-0.1, -0.05) is 30.3 Å². The van der Waals surface area contributed by atoms with E-state index in [-0.39, 0.29) is 6.42 Å². The minimum atomic E-state index is -1.15. The summed E-state index contributed by atoms with van der Waals surface area (Å²) < 4.78 is 5.16. The van der Waals surface area contributed by atoms with Gasteiger partial charge in [0.15, 0.2) is 0 Å². The van der Waals surface area contributed by atoms with Gasteiger partial charge in [-0.3, -0.25) is 0 Å². The van der Waals surface area contributed by atoms with E-state index in [9.17, 15) is 14.7 Å². The summed E-state index contributed by atoms with van der Waals surface area (Å²) in [6.45, 7) is 2.66. The molecule has 0 bridgehead atoms. The van der Waals surface area contributed by atoms with Crippen LogP contribution in [0.1, 0.15) is 5.56 Å². The van der Waals surface area contributed by atoms with E-state index in [1.54, 1.807) is 4.90 Å². The second-order valence-electron chi connectivity index (χ2n) is 5.19. The van der Waals surface area contributed by atoms with Crippen LogP contribution in [0.25, 0.3) is 0 Å². The minimum absolute atomic E-state index is 0.176. The lowest BCUT2D eigenvalue weighted by Crippen LogP contribution is -2.48. The Kier molecular flexibility index (Phi) is 5.16. The lowest BCUT2D eigenvalue weighted by atomic mass is 10.1. The molecular formula is C15H20N2O4. The molecule has 21 heavy (non-hydrogen) atoms. The van der Waals surface area contributed by atoms with E-state index in [2.05, 4.69) is 4.90 Å². The molecule has 6 nitrogen and oxygen atoms in total. The predicted molar refractivity (Wildman–Crippen MR) is 77.1 cm³/mol. The molecule has 114 valence electrons. The summed E-state index contributed by atoms with van der Waals surface area (Å²) in [6.07, 6.45) is -1.53. The van der Waals surface area contributed by atoms with Crippen LogP contribution in [0.5, 0.6) is 0 Å². The number of ether oxygens (including phenoxy) is 1. The number of amides is 1. The zero-order chi connectivity index (χ0) is 15.2. The fourth-order valence-electron chi connectivity index (χ4n) is 2.19. The number of benzene rings is 1. The van der Waals surface area contributed by atoms with Gasteiger partial charge in [-0.05, 0) is 12.6 Å². The molecule has 1 aliphatic rings. The zero-order valence-electron chi connectivity index (χ0n) is 12.1. The summed E-state index contributed by atoms with van der Waals surface area (Å²) in [5.41, 5.74) is 0.830. The molecule has 1 aromatic carbocycles. The van der Waals surface area contributed by atoms with Gasteiger partial charge in [0, 0.05) is 32.6 Å². The normalized spacial score (nSPS) is 17.3. The number of hydrogen-bond acceptors (Lipinski definition) is 4. The number of likely N-dealkylation sites (N-methyl/N-ethyl adjacent to an activating group) is 1. The zero-order valence-corrected chi connectivity index (χ0v) is 12.1. The molecule has 1 amide bonds. The van der Waals surface area contributed by atoms with Crippen molar-refractivity contribution in [3.05, 3.63) is 35.9 Å². The van der Waals surface area contributed by atoms with E-state index < -0.39 is 18.2 Å². The van der Waals surface area contributed by atoms with Crippen molar-refractivity contribution in [3.63, 3.8) is 0 Å². The van der Waals surface area contributed by atoms with Crippen molar-refractivity contribution in [2.24, 2.45) is 0 Å². The van der Waals surface area contributed by atoms with E-state index in [0.29, 0.717) is 13.1 Å². The van der Waals surface area contributed by atoms with Gasteiger partial charge >= 0.3 is 12.1 Å². The summed E-state index contributed by atoms with van der Waals surface area (Å²) in [6, 6.07) is 9.15. The van der Waals surface area contributed by atoms with Crippen LogP contribution in [-0.2, 0) is 16.0 Å². The van der Waals surface area contributed by atoms with Crippen LogP contribution in [0.3, 0.4) is 0 Å². The van der Waals surface area contributed by atoms with Crippen molar-refractivity contribution in [3.8, 4) is 0 Å². The van der Waals surface area contributed by atoms with Crippen LogP contribution in [0.2, 0.25) is 0 Å². The number of carboxylic acids is 1. The molecule has 0 aliphatic carbocycles. The van der Waals surface area contributed by atoms with E-state index >= 15 is 0 Å². The molecule has 1 aromatic rings. The molecule has 0 aromatic heterocycles. The largest absolute Gasteiger partial charge is 0.478 e. The predicted octanol–water partition coefficient (Wildman–Crippen LogP) is 1.07. The maximum atomic E-state index is 12.0. The molecule has 2 rings (SSSR count). The highest BCUT2D eigenvalue weighted by Crippen LogP contribution is 2.10. The maximum Gasteiger partial charge on any atom is 0.410 e. The number of aliphatic carboxylic acids is 1. The summed E-state index contributed by atoms with van der Waals surface area (Å²) in [5, 5.41) is 9.22. The monoisotopic (exact) mass is 292 g/mol. The molecule has 1 N–H and O–H groups in total. The van der Waals surface area contributed by atoms with E-state index in [4.69, 9.17) is 4.74 Å². The van der Waals surface area contributed by atoms with Gasteiger partial charge < -0.3 is 19.6 Å². The molecular weight excluding hydrogens is 272 g/mol. The van der Waals surface area contributed by atoms with Gasteiger partial charge in [-0.25, -0.2) is 9.59 Å². The fourth-order valence-corrected chi connectivity index (χ4v) is 2.19. The molecule has 0 spiro atoms. The smallest absolute Gasteiger partial charge is 0.410 e. The quantitative estimate of drug-likeness (QED) is 0.899. The summed E-state index contributed by atoms with van der Waals surface area (Å²) in [5.74, 6) is -1.12. The highest BCUT2D eigenvalue weighted by Gasteiger charge is 2.27. The number of rotatable bonds is 4. The molecule has 1 atom stereocenters. The van der Waals surface area contributed by atoms with Gasteiger partial charge in [0.05, 0.1) is 0 Å². The summed E-state index contributed by atoms with van der Waals surface area (Å²) in [7, 11) is 1.98. The Bertz CT molecular complexity index is 484. The number of hydrogen-bond donors (Lipinski definition) is 1. The average molecular weight is 292 g/mol. The van der Waals surface area contributed by atoms with Crippen LogP contribution in [-0.4, -0.2) is 66.3 Å². The Balaban J connectivity index is 1.93. The average Bonchev–Trinajstić information content (AvgIpc) is 2.48. The van der Waals surface area contributed by atoms with Crippen molar-refractivity contribution >= 4 is 12.1 Å². The van der Waals surface area contributed by atoms with Crippen molar-refractivity contribution in [1.82, 2.24) is 9.80 Å². The van der Waals surface area contributed by atoms with Crippen molar-refractivity contribution in [2.75, 3.05) is 33.2 Å². The standard InChI is InChI=1S/C15H20N2O4/c1-16-7-9-17(10-8-16)15(20)21-13(14(18)19)11-12-5-3-2-4-6-12/h2-6,13H,7-11H2,1H3,(H,18,19). The van der Waals surface area contributed by atoms with E-state index in [0.717, 1.165) is 18.7 Å². The first-order chi connectivity index (χ1) is 10.1. The van der Waals surface area contributed by atoms with Gasteiger partial charge in [-0.15, -0.1) is 0 Å². The van der Waals surface area contributed by atoms with Crippen molar-refractivity contribution in [2.45, 2.75) is 12.5 Å². The Hall–Kier alpha value is -2.08. The number of nitrogens with zero attached hydrogens (tertiary/aromatic N) is 2. The van der Waals surface area contributed by atoms with Gasteiger partial charge in [-0.2, -0.15) is 0 Å². The second kappa shape index (κ2) is 7.08. The van der Waals surface area contributed by atoms with Crippen LogP contribution < -0.4 is 0 Å². The van der Waals surface area contributed by atoms with Crippen LogP contribution in [0, 0.1) is 0 Å². The van der Waals surface area contributed by atoms with E-state index in [1.807, 2.05) is 37.4 Å². The molecule has 1 saturated heterocycles. The molecule has 1 fully saturated rings. The number of carbonyl (C=O) groups excluding carboxylic acids is 1. The third-order valence-electron chi connectivity index (χ3n) is 3.54. The van der Waals surface area contributed by atoms with E-state index in [1.165, 1.54) is 0 Å². The molecule has 6 heteroatoms. The number of piperazine rings is 1. The molecule has 1 aliphatic heterocycles. The van der Waals surface area contributed by atoms with Crippen molar-refractivity contribution in [1.29, 1.82) is 0 Å². The van der Waals surface area contributed by atoms with Crippen LogP contribution >= 0.6 is 0 Å². The Morgan fingerprint density at radius 1 is 1.19 bits per heavy atom. The first-order valence-corrected chi connectivity index (χ1v) is 6.97. The maximum absolute atomic E-state index is 12.0. The summed E-state index contributed by atoms with van der Waals surface area (Å²) >= 11 is 0. The first-order valence-electron chi connectivity index (χ1n) is 6.97. The number of carbonyl (C=O) groups is 2. The fraction of sp³-hybridized carbons (Fsp3) is 0.467. The minimum Gasteiger partial charge on any atom is -0.478 e. The third kappa shape index (κ3) is 4.46.